The van der Waals surface area contributed by atoms with Gasteiger partial charge in [0.05, 0.1) is 5.69 Å². The zero-order chi connectivity index (χ0) is 17.3. The molecule has 3 rings (SSSR count). The van der Waals surface area contributed by atoms with Gasteiger partial charge in [0.25, 0.3) is 11.8 Å². The molecule has 128 valence electrons. The van der Waals surface area contributed by atoms with Crippen molar-refractivity contribution < 1.29 is 19.1 Å². The number of hydrogen-bond acceptors (Lipinski definition) is 4. The molecule has 0 spiro atoms. The number of hydrogen-bond donors (Lipinski definition) is 1. The van der Waals surface area contributed by atoms with Gasteiger partial charge in [-0.15, -0.1) is 0 Å². The molecule has 0 bridgehead atoms. The van der Waals surface area contributed by atoms with Crippen LogP contribution in [-0.4, -0.2) is 59.8 Å². The van der Waals surface area contributed by atoms with E-state index in [9.17, 15) is 14.4 Å². The molecule has 0 aromatic heterocycles. The summed E-state index contributed by atoms with van der Waals surface area (Å²) in [5.41, 5.74) is 1.02. The molecule has 0 radical (unpaired) electrons. The van der Waals surface area contributed by atoms with E-state index in [-0.39, 0.29) is 17.7 Å². The minimum atomic E-state index is -0.540. The predicted molar refractivity (Wildman–Crippen MR) is 87.9 cm³/mol. The van der Waals surface area contributed by atoms with Crippen molar-refractivity contribution in [3.8, 4) is 5.75 Å². The zero-order valence-electron chi connectivity index (χ0n) is 13.9. The lowest BCUT2D eigenvalue weighted by atomic mass is 10.1. The molecule has 2 heterocycles. The van der Waals surface area contributed by atoms with Crippen LogP contribution in [0.5, 0.6) is 5.75 Å². The fourth-order valence-electron chi connectivity index (χ4n) is 2.96. The molecule has 1 fully saturated rings. The first-order valence-electron chi connectivity index (χ1n) is 8.12. The number of carbonyl (C=O) groups is 3. The Labute approximate surface area is 140 Å². The highest BCUT2D eigenvalue weighted by Gasteiger charge is 2.26. The van der Waals surface area contributed by atoms with E-state index in [2.05, 4.69) is 5.32 Å². The molecule has 1 N–H and O–H groups in total. The lowest BCUT2D eigenvalue weighted by Crippen LogP contribution is -2.37. The number of benzene rings is 1. The van der Waals surface area contributed by atoms with Gasteiger partial charge < -0.3 is 19.9 Å². The number of fused-ring (bicyclic) bond motifs is 1. The summed E-state index contributed by atoms with van der Waals surface area (Å²) in [5.74, 6) is 0.277. The Balaban J connectivity index is 1.75. The minimum absolute atomic E-state index is 0.0343. The Morgan fingerprint density at radius 2 is 1.88 bits per heavy atom. The molecule has 1 unspecified atom stereocenters. The van der Waals surface area contributed by atoms with Gasteiger partial charge in [0.2, 0.25) is 5.91 Å². The second kappa shape index (κ2) is 6.51. The number of carbonyl (C=O) groups excluding carboxylic acids is 3. The van der Waals surface area contributed by atoms with E-state index in [1.807, 2.05) is 0 Å². The second-order valence-corrected chi connectivity index (χ2v) is 6.11. The third kappa shape index (κ3) is 3.20. The average Bonchev–Trinajstić information content (AvgIpc) is 2.81. The summed E-state index contributed by atoms with van der Waals surface area (Å²) in [6.07, 6.45) is 0.218. The molecule has 2 aliphatic heterocycles. The second-order valence-electron chi connectivity index (χ2n) is 6.11. The van der Waals surface area contributed by atoms with Crippen LogP contribution in [0, 0.1) is 0 Å². The lowest BCUT2D eigenvalue weighted by Gasteiger charge is -2.25. The van der Waals surface area contributed by atoms with Crippen molar-refractivity contribution in [2.24, 2.45) is 0 Å². The van der Waals surface area contributed by atoms with E-state index in [4.69, 9.17) is 4.74 Å². The van der Waals surface area contributed by atoms with Crippen molar-refractivity contribution in [1.82, 2.24) is 9.80 Å². The van der Waals surface area contributed by atoms with E-state index in [0.717, 1.165) is 6.42 Å². The van der Waals surface area contributed by atoms with Crippen LogP contribution in [0.1, 0.15) is 30.6 Å². The van der Waals surface area contributed by atoms with E-state index in [1.54, 1.807) is 41.8 Å². The first-order chi connectivity index (χ1) is 11.5. The van der Waals surface area contributed by atoms with Crippen LogP contribution in [0.15, 0.2) is 18.2 Å². The fraction of sp³-hybridized carbons (Fsp3) is 0.471. The molecule has 1 atom stereocenters. The molecule has 0 saturated carbocycles. The van der Waals surface area contributed by atoms with E-state index in [0.29, 0.717) is 43.2 Å². The maximum atomic E-state index is 12.7. The third-order valence-corrected chi connectivity index (χ3v) is 4.39. The summed E-state index contributed by atoms with van der Waals surface area (Å²) in [6.45, 7) is 5.56. The van der Waals surface area contributed by atoms with Crippen molar-refractivity contribution >= 4 is 23.4 Å². The summed E-state index contributed by atoms with van der Waals surface area (Å²) in [5, 5.41) is 2.75. The number of nitrogens with zero attached hydrogens (tertiary/aromatic N) is 2. The van der Waals surface area contributed by atoms with Gasteiger partial charge in [-0.25, -0.2) is 0 Å². The molecule has 3 amide bonds. The smallest absolute Gasteiger partial charge is 0.265 e. The summed E-state index contributed by atoms with van der Waals surface area (Å²) < 4.78 is 5.50. The first kappa shape index (κ1) is 16.3. The van der Waals surface area contributed by atoms with Gasteiger partial charge in [0, 0.05) is 38.7 Å². The Morgan fingerprint density at radius 1 is 1.17 bits per heavy atom. The van der Waals surface area contributed by atoms with Crippen LogP contribution >= 0.6 is 0 Å². The van der Waals surface area contributed by atoms with Crippen LogP contribution in [0.25, 0.3) is 0 Å². The minimum Gasteiger partial charge on any atom is -0.479 e. The number of rotatable bonds is 1. The molecule has 1 aromatic carbocycles. The van der Waals surface area contributed by atoms with Gasteiger partial charge in [-0.1, -0.05) is 0 Å². The molecular formula is C17H21N3O4. The van der Waals surface area contributed by atoms with Crippen molar-refractivity contribution in [3.63, 3.8) is 0 Å². The summed E-state index contributed by atoms with van der Waals surface area (Å²) >= 11 is 0. The zero-order valence-corrected chi connectivity index (χ0v) is 13.9. The van der Waals surface area contributed by atoms with Crippen molar-refractivity contribution in [3.05, 3.63) is 23.8 Å². The monoisotopic (exact) mass is 331 g/mol. The first-order valence-corrected chi connectivity index (χ1v) is 8.12. The highest BCUT2D eigenvalue weighted by molar-refractivity contribution is 6.01. The highest BCUT2D eigenvalue weighted by Crippen LogP contribution is 2.30. The Morgan fingerprint density at radius 3 is 2.62 bits per heavy atom. The Kier molecular flexibility index (Phi) is 4.42. The number of amides is 3. The highest BCUT2D eigenvalue weighted by atomic mass is 16.5. The van der Waals surface area contributed by atoms with E-state index in [1.165, 1.54) is 0 Å². The SMILES string of the molecule is CC(=O)N1CCCN(C(=O)c2ccc3c(c2)NC(=O)C(C)O3)CC1. The summed E-state index contributed by atoms with van der Waals surface area (Å²) in [6, 6.07) is 5.06. The predicted octanol–water partition coefficient (Wildman–Crippen LogP) is 1.10. The maximum Gasteiger partial charge on any atom is 0.265 e. The molecule has 7 nitrogen and oxygen atoms in total. The van der Waals surface area contributed by atoms with Crippen LogP contribution in [0.2, 0.25) is 0 Å². The summed E-state index contributed by atoms with van der Waals surface area (Å²) in [7, 11) is 0. The Bertz CT molecular complexity index is 688. The van der Waals surface area contributed by atoms with E-state index < -0.39 is 6.10 Å². The lowest BCUT2D eigenvalue weighted by molar-refractivity contribution is -0.128. The van der Waals surface area contributed by atoms with Crippen LogP contribution in [0.3, 0.4) is 0 Å². The quantitative estimate of drug-likeness (QED) is 0.836. The van der Waals surface area contributed by atoms with Gasteiger partial charge in [0.1, 0.15) is 5.75 Å². The fourth-order valence-corrected chi connectivity index (χ4v) is 2.96. The molecule has 1 saturated heterocycles. The van der Waals surface area contributed by atoms with Crippen molar-refractivity contribution in [2.45, 2.75) is 26.4 Å². The van der Waals surface area contributed by atoms with Gasteiger partial charge >= 0.3 is 0 Å². The standard InChI is InChI=1S/C17H21N3O4/c1-11-16(22)18-14-10-13(4-5-15(14)24-11)17(23)20-7-3-6-19(8-9-20)12(2)21/h4-5,10-11H,3,6-9H2,1-2H3,(H,18,22). The van der Waals surface area contributed by atoms with Gasteiger partial charge in [-0.05, 0) is 31.5 Å². The van der Waals surface area contributed by atoms with Gasteiger partial charge in [-0.3, -0.25) is 14.4 Å². The number of ether oxygens (including phenoxy) is 1. The Hall–Kier alpha value is -2.57. The molecule has 7 heteroatoms. The molecule has 2 aliphatic rings. The summed E-state index contributed by atoms with van der Waals surface area (Å²) in [4.78, 5) is 39.4. The largest absolute Gasteiger partial charge is 0.479 e. The van der Waals surface area contributed by atoms with Crippen molar-refractivity contribution in [1.29, 1.82) is 0 Å². The van der Waals surface area contributed by atoms with Crippen LogP contribution < -0.4 is 10.1 Å². The average molecular weight is 331 g/mol. The van der Waals surface area contributed by atoms with Gasteiger partial charge in [-0.2, -0.15) is 0 Å². The topological polar surface area (TPSA) is 79.0 Å². The van der Waals surface area contributed by atoms with Crippen LogP contribution in [-0.2, 0) is 9.59 Å². The molecule has 1 aromatic rings. The number of anilines is 1. The maximum absolute atomic E-state index is 12.7. The number of nitrogens with one attached hydrogen (secondary N) is 1. The van der Waals surface area contributed by atoms with E-state index >= 15 is 0 Å². The molecule has 24 heavy (non-hydrogen) atoms. The third-order valence-electron chi connectivity index (χ3n) is 4.39. The normalized spacial score (nSPS) is 20.6. The van der Waals surface area contributed by atoms with Crippen molar-refractivity contribution in [2.75, 3.05) is 31.5 Å². The molecular weight excluding hydrogens is 310 g/mol. The van der Waals surface area contributed by atoms with Crippen LogP contribution in [0.4, 0.5) is 5.69 Å². The van der Waals surface area contributed by atoms with Gasteiger partial charge in [0.15, 0.2) is 6.10 Å². The molecule has 0 aliphatic carbocycles.